The third kappa shape index (κ3) is 2.69. The second kappa shape index (κ2) is 4.78. The predicted octanol–water partition coefficient (Wildman–Crippen LogP) is 2.05. The number of carboxylic acid groups (broad SMARTS) is 1. The number of hydrogen-bond donors (Lipinski definition) is 2. The predicted molar refractivity (Wildman–Crippen MR) is 62.5 cm³/mol. The molecule has 2 N–H and O–H groups in total. The number of aliphatic carboxylic acids is 1. The quantitative estimate of drug-likeness (QED) is 0.844. The summed E-state index contributed by atoms with van der Waals surface area (Å²) in [6.45, 7) is 1.83. The van der Waals surface area contributed by atoms with Gasteiger partial charge in [-0.05, 0) is 12.1 Å². The van der Waals surface area contributed by atoms with Crippen LogP contribution in [-0.4, -0.2) is 26.0 Å². The van der Waals surface area contributed by atoms with Crippen LogP contribution in [0.2, 0.25) is 0 Å². The molecule has 0 radical (unpaired) electrons. The molecule has 5 nitrogen and oxygen atoms in total. The molecular weight excluding hydrogens is 218 g/mol. The topological polar surface area (TPSA) is 78.9 Å². The van der Waals surface area contributed by atoms with Crippen LogP contribution >= 0.6 is 0 Å². The number of imidazole rings is 1. The van der Waals surface area contributed by atoms with Gasteiger partial charge in [0, 0.05) is 12.1 Å². The third-order valence-corrected chi connectivity index (χ3v) is 2.48. The van der Waals surface area contributed by atoms with Crippen molar-refractivity contribution in [3.63, 3.8) is 0 Å². The van der Waals surface area contributed by atoms with Crippen LogP contribution in [-0.2, 0) is 4.79 Å². The smallest absolute Gasteiger partial charge is 0.304 e. The molecule has 0 aromatic carbocycles. The first-order chi connectivity index (χ1) is 8.16. The number of nitrogens with zero attached hydrogens (tertiary/aromatic N) is 2. The minimum absolute atomic E-state index is 0.0647. The van der Waals surface area contributed by atoms with Gasteiger partial charge in [0.15, 0.2) is 0 Å². The fourth-order valence-corrected chi connectivity index (χ4v) is 1.60. The molecule has 2 aromatic heterocycles. The Morgan fingerprint density at radius 3 is 2.94 bits per heavy atom. The van der Waals surface area contributed by atoms with Gasteiger partial charge in [-0.25, -0.2) is 4.98 Å². The molecule has 0 bridgehead atoms. The molecule has 0 aliphatic carbocycles. The zero-order chi connectivity index (χ0) is 12.3. The van der Waals surface area contributed by atoms with Crippen LogP contribution in [0.3, 0.4) is 0 Å². The Morgan fingerprint density at radius 2 is 2.29 bits per heavy atom. The second-order valence-corrected chi connectivity index (χ2v) is 3.90. The fraction of sp³-hybridized carbons (Fsp3) is 0.250. The van der Waals surface area contributed by atoms with E-state index in [1.54, 1.807) is 12.4 Å². The molecule has 0 saturated heterocycles. The fourth-order valence-electron chi connectivity index (χ4n) is 1.60. The second-order valence-electron chi connectivity index (χ2n) is 3.90. The van der Waals surface area contributed by atoms with E-state index in [0.717, 1.165) is 11.4 Å². The van der Waals surface area contributed by atoms with Gasteiger partial charge in [0.05, 0.1) is 24.0 Å². The summed E-state index contributed by atoms with van der Waals surface area (Å²) < 4.78 is 0. The Hall–Kier alpha value is -2.17. The number of aromatic nitrogens is 3. The maximum absolute atomic E-state index is 10.6. The minimum Gasteiger partial charge on any atom is -0.481 e. The maximum Gasteiger partial charge on any atom is 0.304 e. The average Bonchev–Trinajstić information content (AvgIpc) is 2.78. The Labute approximate surface area is 98.6 Å². The largest absolute Gasteiger partial charge is 0.481 e. The molecule has 0 aliphatic heterocycles. The van der Waals surface area contributed by atoms with Gasteiger partial charge in [0.25, 0.3) is 0 Å². The van der Waals surface area contributed by atoms with E-state index in [4.69, 9.17) is 5.11 Å². The molecular formula is C12H13N3O2. The molecule has 0 fully saturated rings. The van der Waals surface area contributed by atoms with Crippen molar-refractivity contribution < 1.29 is 9.90 Å². The van der Waals surface area contributed by atoms with E-state index >= 15 is 0 Å². The van der Waals surface area contributed by atoms with Crippen molar-refractivity contribution in [3.05, 3.63) is 36.4 Å². The molecule has 2 heterocycles. The first-order valence-corrected chi connectivity index (χ1v) is 5.35. The number of rotatable bonds is 4. The van der Waals surface area contributed by atoms with Crippen molar-refractivity contribution in [1.82, 2.24) is 15.0 Å². The van der Waals surface area contributed by atoms with Crippen molar-refractivity contribution in [2.24, 2.45) is 0 Å². The van der Waals surface area contributed by atoms with Gasteiger partial charge in [0.1, 0.15) is 5.82 Å². The molecule has 17 heavy (non-hydrogen) atoms. The van der Waals surface area contributed by atoms with Gasteiger partial charge in [0.2, 0.25) is 0 Å². The van der Waals surface area contributed by atoms with Crippen molar-refractivity contribution in [2.45, 2.75) is 19.3 Å². The molecule has 0 amide bonds. The number of carbonyl (C=O) groups is 1. The monoisotopic (exact) mass is 231 g/mol. The van der Waals surface area contributed by atoms with Crippen molar-refractivity contribution in [3.8, 4) is 11.4 Å². The van der Waals surface area contributed by atoms with Crippen LogP contribution < -0.4 is 0 Å². The van der Waals surface area contributed by atoms with Crippen LogP contribution in [0.5, 0.6) is 0 Å². The molecule has 5 heteroatoms. The average molecular weight is 231 g/mol. The van der Waals surface area contributed by atoms with Gasteiger partial charge in [-0.1, -0.05) is 13.0 Å². The number of H-pyrrole nitrogens is 1. The van der Waals surface area contributed by atoms with Crippen LogP contribution in [0.15, 0.2) is 30.6 Å². The Balaban J connectivity index is 2.19. The van der Waals surface area contributed by atoms with Gasteiger partial charge in [-0.3, -0.25) is 9.78 Å². The van der Waals surface area contributed by atoms with Crippen LogP contribution in [0.1, 0.15) is 25.1 Å². The highest BCUT2D eigenvalue weighted by atomic mass is 16.4. The highest BCUT2D eigenvalue weighted by Gasteiger charge is 2.14. The standard InChI is InChI=1S/C12H13N3O2/c1-8(6-11(16)17)12-14-7-10(15-12)9-4-2-3-5-13-9/h2-5,7-8H,6H2,1H3,(H,14,15)(H,16,17). The first kappa shape index (κ1) is 11.3. The van der Waals surface area contributed by atoms with Crippen molar-refractivity contribution >= 4 is 5.97 Å². The highest BCUT2D eigenvalue weighted by Crippen LogP contribution is 2.19. The minimum atomic E-state index is -0.826. The molecule has 2 rings (SSSR count). The lowest BCUT2D eigenvalue weighted by Crippen LogP contribution is -2.04. The van der Waals surface area contributed by atoms with Crippen LogP contribution in [0.25, 0.3) is 11.4 Å². The molecule has 1 unspecified atom stereocenters. The number of carboxylic acids is 1. The third-order valence-electron chi connectivity index (χ3n) is 2.48. The zero-order valence-corrected chi connectivity index (χ0v) is 9.42. The Kier molecular flexibility index (Phi) is 3.18. The van der Waals surface area contributed by atoms with Crippen LogP contribution in [0.4, 0.5) is 0 Å². The Morgan fingerprint density at radius 1 is 1.47 bits per heavy atom. The van der Waals surface area contributed by atoms with E-state index in [1.807, 2.05) is 25.1 Å². The van der Waals surface area contributed by atoms with E-state index in [9.17, 15) is 4.79 Å². The van der Waals surface area contributed by atoms with Gasteiger partial charge >= 0.3 is 5.97 Å². The molecule has 1 atom stereocenters. The van der Waals surface area contributed by atoms with Gasteiger partial charge in [-0.15, -0.1) is 0 Å². The lowest BCUT2D eigenvalue weighted by Gasteiger charge is -2.03. The van der Waals surface area contributed by atoms with Crippen LogP contribution in [0, 0.1) is 0 Å². The maximum atomic E-state index is 10.6. The lowest BCUT2D eigenvalue weighted by atomic mass is 10.1. The summed E-state index contributed by atoms with van der Waals surface area (Å²) in [6.07, 6.45) is 3.45. The normalized spacial score (nSPS) is 12.3. The highest BCUT2D eigenvalue weighted by molar-refractivity contribution is 5.67. The molecule has 88 valence electrons. The summed E-state index contributed by atoms with van der Waals surface area (Å²) >= 11 is 0. The summed E-state index contributed by atoms with van der Waals surface area (Å²) in [5.41, 5.74) is 1.60. The van der Waals surface area contributed by atoms with Gasteiger partial charge in [-0.2, -0.15) is 0 Å². The van der Waals surface area contributed by atoms with E-state index in [2.05, 4.69) is 15.0 Å². The number of hydrogen-bond acceptors (Lipinski definition) is 3. The summed E-state index contributed by atoms with van der Waals surface area (Å²) in [5.74, 6) is -0.286. The molecule has 0 aliphatic rings. The number of aromatic amines is 1. The SMILES string of the molecule is CC(CC(=O)O)c1ncc(-c2ccccn2)[nH]1. The lowest BCUT2D eigenvalue weighted by molar-refractivity contribution is -0.137. The van der Waals surface area contributed by atoms with Crippen molar-refractivity contribution in [1.29, 1.82) is 0 Å². The summed E-state index contributed by atoms with van der Waals surface area (Å²) in [6, 6.07) is 5.61. The van der Waals surface area contributed by atoms with E-state index in [-0.39, 0.29) is 12.3 Å². The molecule has 0 spiro atoms. The number of nitrogens with one attached hydrogen (secondary N) is 1. The number of pyridine rings is 1. The summed E-state index contributed by atoms with van der Waals surface area (Å²) in [5, 5.41) is 8.72. The van der Waals surface area contributed by atoms with Gasteiger partial charge < -0.3 is 10.1 Å². The van der Waals surface area contributed by atoms with Crippen molar-refractivity contribution in [2.75, 3.05) is 0 Å². The zero-order valence-electron chi connectivity index (χ0n) is 9.42. The summed E-state index contributed by atoms with van der Waals surface area (Å²) in [4.78, 5) is 22.1. The Bertz CT molecular complexity index is 507. The molecule has 2 aromatic rings. The van der Waals surface area contributed by atoms with E-state index < -0.39 is 5.97 Å². The summed E-state index contributed by atoms with van der Waals surface area (Å²) in [7, 11) is 0. The van der Waals surface area contributed by atoms with E-state index in [1.165, 1.54) is 0 Å². The first-order valence-electron chi connectivity index (χ1n) is 5.35. The molecule has 0 saturated carbocycles. The van der Waals surface area contributed by atoms with E-state index in [0.29, 0.717) is 5.82 Å².